The molecule has 0 bridgehead atoms. The number of likely N-dealkylation sites (N-methyl/N-ethyl adjacent to an activating group) is 1. The SMILES string of the molecule is C/C=C\C=C/C(C)F.COc1sc(Nc2ccc(C(=O)NC(CN(C)C)C(C)C)cc2)nc1N. The Bertz CT molecular complexity index is 924. The van der Waals surface area contributed by atoms with Crippen LogP contribution in [-0.2, 0) is 0 Å². The van der Waals surface area contributed by atoms with E-state index in [2.05, 4.69) is 34.4 Å². The van der Waals surface area contributed by atoms with Gasteiger partial charge in [0.05, 0.1) is 7.11 Å². The molecule has 0 aliphatic heterocycles. The number of nitrogens with two attached hydrogens (primary N) is 1. The molecule has 0 aliphatic carbocycles. The van der Waals surface area contributed by atoms with E-state index in [4.69, 9.17) is 10.5 Å². The Hall–Kier alpha value is -2.91. The predicted molar refractivity (Wildman–Crippen MR) is 142 cm³/mol. The molecule has 1 aromatic carbocycles. The van der Waals surface area contributed by atoms with Gasteiger partial charge in [0.2, 0.25) is 5.06 Å². The highest BCUT2D eigenvalue weighted by Crippen LogP contribution is 2.34. The number of hydrogen-bond donors (Lipinski definition) is 3. The molecule has 2 rings (SSSR count). The van der Waals surface area contributed by atoms with Crippen LogP contribution in [0, 0.1) is 5.92 Å². The number of benzene rings is 1. The Morgan fingerprint density at radius 3 is 2.35 bits per heavy atom. The third-order valence-electron chi connectivity index (χ3n) is 4.57. The summed E-state index contributed by atoms with van der Waals surface area (Å²) in [5.74, 6) is 0.640. The van der Waals surface area contributed by atoms with Crippen LogP contribution in [0.2, 0.25) is 0 Å². The first kappa shape index (κ1) is 29.1. The minimum atomic E-state index is -0.828. The van der Waals surface area contributed by atoms with Gasteiger partial charge in [0.15, 0.2) is 10.9 Å². The van der Waals surface area contributed by atoms with Crippen molar-refractivity contribution < 1.29 is 13.9 Å². The number of nitrogen functional groups attached to an aromatic ring is 1. The fraction of sp³-hybridized carbons (Fsp3) is 0.440. The zero-order valence-electron chi connectivity index (χ0n) is 21.1. The fourth-order valence-electron chi connectivity index (χ4n) is 2.74. The van der Waals surface area contributed by atoms with Crippen molar-refractivity contribution in [3.05, 3.63) is 54.1 Å². The van der Waals surface area contributed by atoms with Gasteiger partial charge < -0.3 is 26.0 Å². The molecule has 0 spiro atoms. The number of thiazole rings is 1. The van der Waals surface area contributed by atoms with Crippen LogP contribution in [0.3, 0.4) is 0 Å². The molecule has 4 N–H and O–H groups in total. The maximum absolute atomic E-state index is 12.5. The Kier molecular flexibility index (Phi) is 12.9. The number of alkyl halides is 1. The first-order valence-electron chi connectivity index (χ1n) is 11.1. The van der Waals surface area contributed by atoms with Gasteiger partial charge in [-0.25, -0.2) is 4.39 Å². The van der Waals surface area contributed by atoms with Crippen LogP contribution < -0.4 is 21.1 Å². The summed E-state index contributed by atoms with van der Waals surface area (Å²) in [6, 6.07) is 7.36. The summed E-state index contributed by atoms with van der Waals surface area (Å²) in [5.41, 5.74) is 7.20. The third-order valence-corrected chi connectivity index (χ3v) is 5.52. The molecule has 9 heteroatoms. The topological polar surface area (TPSA) is 92.5 Å². The number of anilines is 3. The lowest BCUT2D eigenvalue weighted by Crippen LogP contribution is -2.44. The van der Waals surface area contributed by atoms with Crippen molar-refractivity contribution in [1.82, 2.24) is 15.2 Å². The molecule has 34 heavy (non-hydrogen) atoms. The van der Waals surface area contributed by atoms with Gasteiger partial charge in [-0.3, -0.25) is 4.79 Å². The second kappa shape index (κ2) is 15.1. The van der Waals surface area contributed by atoms with Crippen molar-refractivity contribution in [2.75, 3.05) is 38.8 Å². The number of allylic oxidation sites excluding steroid dienone is 4. The minimum Gasteiger partial charge on any atom is -0.485 e. The lowest BCUT2D eigenvalue weighted by atomic mass is 10.0. The molecule has 2 aromatic rings. The van der Waals surface area contributed by atoms with Crippen molar-refractivity contribution in [3.8, 4) is 5.06 Å². The second-order valence-corrected chi connectivity index (χ2v) is 9.23. The molecule has 7 nitrogen and oxygen atoms in total. The van der Waals surface area contributed by atoms with Crippen LogP contribution in [0.15, 0.2) is 48.6 Å². The van der Waals surface area contributed by atoms with E-state index < -0.39 is 6.17 Å². The minimum absolute atomic E-state index is 0.0720. The van der Waals surface area contributed by atoms with Gasteiger partial charge in [0.1, 0.15) is 6.17 Å². The van der Waals surface area contributed by atoms with Crippen molar-refractivity contribution in [2.45, 2.75) is 39.9 Å². The van der Waals surface area contributed by atoms with Crippen molar-refractivity contribution in [1.29, 1.82) is 0 Å². The van der Waals surface area contributed by atoms with E-state index in [1.54, 1.807) is 31.4 Å². The van der Waals surface area contributed by atoms with Crippen LogP contribution >= 0.6 is 11.3 Å². The standard InChI is InChI=1S/C18H27N5O2S.C7H11F/c1-11(2)14(10-23(3)4)21-16(24)12-6-8-13(9-7-12)20-18-22-15(19)17(25-5)26-18;1-3-4-5-6-7(2)8/h6-9,11,14H,10,19H2,1-5H3,(H,20,22)(H,21,24);3-7H,1-2H3/b;4-3-,6-5-. The third kappa shape index (κ3) is 10.8. The van der Waals surface area contributed by atoms with Gasteiger partial charge in [0.25, 0.3) is 5.91 Å². The number of hydrogen-bond acceptors (Lipinski definition) is 7. The molecule has 1 heterocycles. The van der Waals surface area contributed by atoms with E-state index >= 15 is 0 Å². The Labute approximate surface area is 206 Å². The van der Waals surface area contributed by atoms with Gasteiger partial charge in [0, 0.05) is 23.8 Å². The molecular formula is C25H38FN5O2S. The average Bonchev–Trinajstić information content (AvgIpc) is 3.12. The fourth-order valence-corrected chi connectivity index (χ4v) is 3.46. The molecule has 0 saturated heterocycles. The second-order valence-electron chi connectivity index (χ2n) is 8.27. The molecule has 1 aromatic heterocycles. The summed E-state index contributed by atoms with van der Waals surface area (Å²) in [6.07, 6.45) is 6.03. The molecule has 0 aliphatic rings. The van der Waals surface area contributed by atoms with E-state index in [9.17, 15) is 9.18 Å². The Morgan fingerprint density at radius 1 is 1.24 bits per heavy atom. The van der Waals surface area contributed by atoms with Gasteiger partial charge in [-0.15, -0.1) is 0 Å². The molecule has 2 unspecified atom stereocenters. The summed E-state index contributed by atoms with van der Waals surface area (Å²) in [6.45, 7) is 8.41. The maximum atomic E-state index is 12.5. The van der Waals surface area contributed by atoms with E-state index in [1.807, 2.05) is 39.2 Å². The summed E-state index contributed by atoms with van der Waals surface area (Å²) < 4.78 is 17.0. The number of methoxy groups -OCH3 is 1. The number of ether oxygens (including phenoxy) is 1. The lowest BCUT2D eigenvalue weighted by molar-refractivity contribution is 0.0916. The molecule has 1 amide bonds. The monoisotopic (exact) mass is 491 g/mol. The van der Waals surface area contributed by atoms with Crippen LogP contribution in [0.5, 0.6) is 5.06 Å². The van der Waals surface area contributed by atoms with Crippen LogP contribution in [0.1, 0.15) is 38.1 Å². The zero-order chi connectivity index (χ0) is 25.7. The Balaban J connectivity index is 0.000000620. The van der Waals surface area contributed by atoms with Gasteiger partial charge in [-0.1, -0.05) is 49.5 Å². The number of halogens is 1. The first-order chi connectivity index (χ1) is 16.1. The van der Waals surface area contributed by atoms with Gasteiger partial charge in [-0.2, -0.15) is 4.98 Å². The number of carbonyl (C=O) groups is 1. The molecule has 2 atom stereocenters. The van der Waals surface area contributed by atoms with Crippen LogP contribution in [-0.4, -0.2) is 55.8 Å². The maximum Gasteiger partial charge on any atom is 0.251 e. The number of nitrogens with one attached hydrogen (secondary N) is 2. The smallest absolute Gasteiger partial charge is 0.251 e. The zero-order valence-corrected chi connectivity index (χ0v) is 21.9. The van der Waals surface area contributed by atoms with Crippen molar-refractivity contribution in [3.63, 3.8) is 0 Å². The van der Waals surface area contributed by atoms with Gasteiger partial charge in [-0.05, 0) is 58.1 Å². The van der Waals surface area contributed by atoms with E-state index in [-0.39, 0.29) is 11.9 Å². The van der Waals surface area contributed by atoms with E-state index in [1.165, 1.54) is 24.3 Å². The molecule has 0 fully saturated rings. The van der Waals surface area contributed by atoms with Crippen LogP contribution in [0.25, 0.3) is 0 Å². The number of carbonyl (C=O) groups excluding carboxylic acids is 1. The number of nitrogens with zero attached hydrogens (tertiary/aromatic N) is 2. The van der Waals surface area contributed by atoms with Crippen molar-refractivity contribution >= 4 is 33.9 Å². The molecule has 188 valence electrons. The van der Waals surface area contributed by atoms with E-state index in [0.717, 1.165) is 12.2 Å². The number of amides is 1. The quantitative estimate of drug-likeness (QED) is 0.392. The summed E-state index contributed by atoms with van der Waals surface area (Å²) in [7, 11) is 5.56. The predicted octanol–water partition coefficient (Wildman–Crippen LogP) is 5.27. The molecule has 0 saturated carbocycles. The largest absolute Gasteiger partial charge is 0.485 e. The highest BCUT2D eigenvalue weighted by atomic mass is 32.1. The highest BCUT2D eigenvalue weighted by molar-refractivity contribution is 7.18. The molecular weight excluding hydrogens is 453 g/mol. The number of aromatic nitrogens is 1. The normalized spacial score (nSPS) is 13.1. The van der Waals surface area contributed by atoms with Crippen LogP contribution in [0.4, 0.5) is 21.0 Å². The first-order valence-corrected chi connectivity index (χ1v) is 12.0. The summed E-state index contributed by atoms with van der Waals surface area (Å²) in [5, 5.41) is 7.48. The Morgan fingerprint density at radius 2 is 1.88 bits per heavy atom. The average molecular weight is 492 g/mol. The van der Waals surface area contributed by atoms with E-state index in [0.29, 0.717) is 27.5 Å². The van der Waals surface area contributed by atoms with Gasteiger partial charge >= 0.3 is 0 Å². The summed E-state index contributed by atoms with van der Waals surface area (Å²) >= 11 is 1.33. The lowest BCUT2D eigenvalue weighted by Gasteiger charge is -2.25. The van der Waals surface area contributed by atoms with Crippen molar-refractivity contribution in [2.24, 2.45) is 5.92 Å². The number of rotatable bonds is 10. The summed E-state index contributed by atoms with van der Waals surface area (Å²) in [4.78, 5) is 18.8. The molecule has 0 radical (unpaired) electrons. The highest BCUT2D eigenvalue weighted by Gasteiger charge is 2.18.